The maximum atomic E-state index is 11.3. The van der Waals surface area contributed by atoms with Crippen molar-refractivity contribution in [1.29, 1.82) is 0 Å². The molecule has 0 saturated carbocycles. The molecular formula is C22H24ClN5O4S. The molecule has 1 atom stereocenters. The number of likely N-dealkylation sites (tertiary alicyclic amines) is 1. The molecule has 174 valence electrons. The van der Waals surface area contributed by atoms with Crippen LogP contribution < -0.4 is 10.1 Å². The van der Waals surface area contributed by atoms with E-state index in [4.69, 9.17) is 16.3 Å². The van der Waals surface area contributed by atoms with Crippen molar-refractivity contribution in [3.05, 3.63) is 46.2 Å². The molecular weight excluding hydrogens is 466 g/mol. The minimum Gasteiger partial charge on any atom is -0.480 e. The first-order chi connectivity index (χ1) is 15.8. The monoisotopic (exact) mass is 489 g/mol. The van der Waals surface area contributed by atoms with Crippen LogP contribution in [0.2, 0.25) is 5.02 Å². The van der Waals surface area contributed by atoms with E-state index in [0.29, 0.717) is 41.8 Å². The quantitative estimate of drug-likeness (QED) is 0.473. The summed E-state index contributed by atoms with van der Waals surface area (Å²) < 4.78 is 5.15. The second-order valence-electron chi connectivity index (χ2n) is 7.95. The minimum atomic E-state index is -1.13. The van der Waals surface area contributed by atoms with Crippen molar-refractivity contribution in [3.8, 4) is 16.3 Å². The van der Waals surface area contributed by atoms with Crippen LogP contribution in [0.5, 0.6) is 5.88 Å². The van der Waals surface area contributed by atoms with E-state index < -0.39 is 11.7 Å². The molecule has 2 aromatic heterocycles. The number of nitrogens with zero attached hydrogens (tertiary/aromatic N) is 4. The molecule has 9 nitrogen and oxygen atoms in total. The molecule has 33 heavy (non-hydrogen) atoms. The van der Waals surface area contributed by atoms with Gasteiger partial charge in [0, 0.05) is 31.4 Å². The van der Waals surface area contributed by atoms with Gasteiger partial charge in [-0.3, -0.25) is 0 Å². The molecule has 0 spiro atoms. The van der Waals surface area contributed by atoms with Gasteiger partial charge in [-0.25, -0.2) is 14.8 Å². The predicted octanol–water partition coefficient (Wildman–Crippen LogP) is 4.67. The number of hydrogen-bond acceptors (Lipinski definition) is 8. The fourth-order valence-electron chi connectivity index (χ4n) is 3.83. The molecule has 4 rings (SSSR count). The Kier molecular flexibility index (Phi) is 6.68. The first kappa shape index (κ1) is 23.2. The van der Waals surface area contributed by atoms with Gasteiger partial charge in [-0.1, -0.05) is 17.7 Å². The van der Waals surface area contributed by atoms with E-state index in [-0.39, 0.29) is 12.4 Å². The number of amides is 1. The minimum absolute atomic E-state index is 0.282. The van der Waals surface area contributed by atoms with Crippen molar-refractivity contribution in [1.82, 2.24) is 19.9 Å². The van der Waals surface area contributed by atoms with Gasteiger partial charge in [-0.05, 0) is 43.0 Å². The molecule has 1 fully saturated rings. The smallest absolute Gasteiger partial charge is 0.407 e. The highest BCUT2D eigenvalue weighted by molar-refractivity contribution is 7.15. The topological polar surface area (TPSA) is 121 Å². The first-order valence-electron chi connectivity index (χ1n) is 10.4. The van der Waals surface area contributed by atoms with Crippen LogP contribution in [0.15, 0.2) is 30.6 Å². The van der Waals surface area contributed by atoms with Crippen molar-refractivity contribution < 1.29 is 19.7 Å². The summed E-state index contributed by atoms with van der Waals surface area (Å²) in [6.45, 7) is 2.68. The Bertz CT molecular complexity index is 1170. The summed E-state index contributed by atoms with van der Waals surface area (Å²) in [4.78, 5) is 26.5. The highest BCUT2D eigenvalue weighted by Crippen LogP contribution is 2.39. The van der Waals surface area contributed by atoms with Crippen LogP contribution in [0.3, 0.4) is 0 Å². The van der Waals surface area contributed by atoms with Crippen LogP contribution in [-0.4, -0.2) is 56.4 Å². The van der Waals surface area contributed by atoms with E-state index >= 15 is 0 Å². The lowest BCUT2D eigenvalue weighted by Gasteiger charge is -2.24. The van der Waals surface area contributed by atoms with Gasteiger partial charge in [0.2, 0.25) is 11.8 Å². The zero-order chi connectivity index (χ0) is 23.6. The van der Waals surface area contributed by atoms with E-state index in [1.54, 1.807) is 6.20 Å². The van der Waals surface area contributed by atoms with E-state index in [2.05, 4.69) is 20.3 Å². The third kappa shape index (κ3) is 5.18. The summed E-state index contributed by atoms with van der Waals surface area (Å²) in [6.07, 6.45) is 3.64. The Balaban J connectivity index is 1.57. The number of ether oxygens (including phenoxy) is 1. The highest BCUT2D eigenvalue weighted by atomic mass is 35.5. The molecule has 0 aliphatic carbocycles. The van der Waals surface area contributed by atoms with Crippen molar-refractivity contribution in [2.75, 3.05) is 25.5 Å². The van der Waals surface area contributed by atoms with Crippen molar-refractivity contribution in [2.24, 2.45) is 0 Å². The average molecular weight is 490 g/mol. The van der Waals surface area contributed by atoms with Gasteiger partial charge in [-0.2, -0.15) is 4.98 Å². The van der Waals surface area contributed by atoms with Gasteiger partial charge in [0.05, 0.1) is 18.2 Å². The molecule has 3 N–H and O–H groups in total. The summed E-state index contributed by atoms with van der Waals surface area (Å²) in [5.74, 6) is 0.640. The predicted molar refractivity (Wildman–Crippen MR) is 127 cm³/mol. The standard InChI is InChI=1S/C22H24ClN5O4S/c1-13-8-14(10-15(9-13)26-20-25-11-16(23)18(27-20)32-2)17-12-24-19(33-17)22(31)4-3-6-28(7-5-22)21(29)30/h8-12,31H,3-7H2,1-2H3,(H,29,30)(H,25,26,27)/t22-/m0/s1. The Hall–Kier alpha value is -2.95. The van der Waals surface area contributed by atoms with E-state index in [9.17, 15) is 15.0 Å². The van der Waals surface area contributed by atoms with E-state index in [0.717, 1.165) is 21.7 Å². The third-order valence-corrected chi connectivity index (χ3v) is 7.01. The van der Waals surface area contributed by atoms with E-state index in [1.807, 2.05) is 25.1 Å². The van der Waals surface area contributed by atoms with Crippen molar-refractivity contribution in [2.45, 2.75) is 31.8 Å². The number of aromatic nitrogens is 3. The van der Waals surface area contributed by atoms with Gasteiger partial charge in [-0.15, -0.1) is 11.3 Å². The number of aryl methyl sites for hydroxylation is 1. The van der Waals surface area contributed by atoms with Crippen LogP contribution in [0.1, 0.15) is 29.8 Å². The lowest BCUT2D eigenvalue weighted by molar-refractivity contribution is 0.0213. The molecule has 1 amide bonds. The number of halogens is 1. The molecule has 1 aliphatic rings. The number of thiazole rings is 1. The lowest BCUT2D eigenvalue weighted by Crippen LogP contribution is -2.32. The fraction of sp³-hybridized carbons (Fsp3) is 0.364. The molecule has 0 unspecified atom stereocenters. The number of hydrogen-bond donors (Lipinski definition) is 3. The summed E-state index contributed by atoms with van der Waals surface area (Å²) in [6, 6.07) is 5.96. The first-order valence-corrected chi connectivity index (χ1v) is 11.6. The van der Waals surface area contributed by atoms with Crippen LogP contribution in [0.4, 0.5) is 16.4 Å². The van der Waals surface area contributed by atoms with Gasteiger partial charge in [0.15, 0.2) is 0 Å². The average Bonchev–Trinajstić information content (AvgIpc) is 3.19. The Morgan fingerprint density at radius 1 is 1.24 bits per heavy atom. The Morgan fingerprint density at radius 3 is 2.82 bits per heavy atom. The molecule has 11 heteroatoms. The highest BCUT2D eigenvalue weighted by Gasteiger charge is 2.35. The van der Waals surface area contributed by atoms with Crippen LogP contribution in [0.25, 0.3) is 10.4 Å². The molecule has 0 radical (unpaired) electrons. The largest absolute Gasteiger partial charge is 0.480 e. The molecule has 1 aromatic carbocycles. The van der Waals surface area contributed by atoms with Crippen molar-refractivity contribution in [3.63, 3.8) is 0 Å². The number of aliphatic hydroxyl groups is 1. The second-order valence-corrected chi connectivity index (χ2v) is 9.39. The SMILES string of the molecule is COc1nc(Nc2cc(C)cc(-c3cnc([C@]4(O)CCCN(C(=O)O)CC4)s3)c2)ncc1Cl. The third-order valence-electron chi connectivity index (χ3n) is 5.51. The second kappa shape index (κ2) is 9.50. The Labute approximate surface area is 200 Å². The van der Waals surface area contributed by atoms with Gasteiger partial charge >= 0.3 is 6.09 Å². The lowest BCUT2D eigenvalue weighted by atomic mass is 9.96. The number of carbonyl (C=O) groups is 1. The molecule has 3 aromatic rings. The van der Waals surface area contributed by atoms with Crippen LogP contribution in [-0.2, 0) is 5.60 Å². The van der Waals surface area contributed by atoms with Gasteiger partial charge in [0.25, 0.3) is 0 Å². The summed E-state index contributed by atoms with van der Waals surface area (Å²) >= 11 is 7.42. The van der Waals surface area contributed by atoms with Crippen LogP contribution >= 0.6 is 22.9 Å². The molecule has 3 heterocycles. The number of rotatable bonds is 5. The number of anilines is 2. The zero-order valence-corrected chi connectivity index (χ0v) is 19.8. The number of nitrogens with one attached hydrogen (secondary N) is 1. The number of benzene rings is 1. The number of carboxylic acid groups (broad SMARTS) is 1. The zero-order valence-electron chi connectivity index (χ0n) is 18.2. The maximum absolute atomic E-state index is 11.3. The summed E-state index contributed by atoms with van der Waals surface area (Å²) in [5.41, 5.74) is 1.61. The van der Waals surface area contributed by atoms with Gasteiger partial charge in [0.1, 0.15) is 15.6 Å². The van der Waals surface area contributed by atoms with Gasteiger partial charge < -0.3 is 25.2 Å². The summed E-state index contributed by atoms with van der Waals surface area (Å²) in [7, 11) is 1.49. The fourth-order valence-corrected chi connectivity index (χ4v) is 5.05. The molecule has 1 saturated heterocycles. The normalized spacial score (nSPS) is 18.6. The maximum Gasteiger partial charge on any atom is 0.407 e. The van der Waals surface area contributed by atoms with Crippen molar-refractivity contribution >= 4 is 40.7 Å². The Morgan fingerprint density at radius 2 is 2.06 bits per heavy atom. The molecule has 1 aliphatic heterocycles. The summed E-state index contributed by atoms with van der Waals surface area (Å²) in [5, 5.41) is 24.6. The van der Waals surface area contributed by atoms with Crippen LogP contribution in [0, 0.1) is 6.92 Å². The number of methoxy groups -OCH3 is 1. The van der Waals surface area contributed by atoms with E-state index in [1.165, 1.54) is 29.5 Å². The molecule has 0 bridgehead atoms.